The molecule has 3 saturated carbocycles. The maximum atomic E-state index is 14.2. The van der Waals surface area contributed by atoms with Crippen molar-refractivity contribution in [1.29, 1.82) is 0 Å². The molecule has 1 aromatic heterocycles. The molecule has 1 aliphatic heterocycles. The predicted octanol–water partition coefficient (Wildman–Crippen LogP) is 4.80. The number of fused-ring (bicyclic) bond motifs is 2. The van der Waals surface area contributed by atoms with Crippen LogP contribution in [0, 0.1) is 29.1 Å². The van der Waals surface area contributed by atoms with Crippen LogP contribution in [0.3, 0.4) is 0 Å². The number of rotatable bonds is 13. The molecule has 3 N–H and O–H groups in total. The monoisotopic (exact) mass is 727 g/mol. The second-order valence-electron chi connectivity index (χ2n) is 16.2. The van der Waals surface area contributed by atoms with Gasteiger partial charge in [0.15, 0.2) is 0 Å². The Morgan fingerprint density at radius 1 is 1.11 bits per heavy atom. The molecule has 7 rings (SSSR count). The standard InChI is InChI=1S/C42H57N5O6/c1-25-34-21-30(42(34,3)4)22-35(25)44-40(50)38-37(26(2)49)36(24-48)53-47(38)23-27-12-11-14-33(39(27)52-8)28-18-29(20-32(19-28)45(5)6)41(51)46(7)17-15-31-13-9-10-16-43-31/h9-14,16,18-20,25-26,30,34-38,48-49H,15,17,21-24H2,1-8H3,(H,44,50)/t25-,26-,30+,34-,35-,36-,37-,38-/m0/s1. The summed E-state index contributed by atoms with van der Waals surface area (Å²) in [5.41, 5.74) is 4.96. The van der Waals surface area contributed by atoms with Gasteiger partial charge in [-0.1, -0.05) is 45.0 Å². The Balaban J connectivity index is 1.27. The lowest BCUT2D eigenvalue weighted by molar-refractivity contribution is -0.183. The highest BCUT2D eigenvalue weighted by Crippen LogP contribution is 2.61. The second kappa shape index (κ2) is 15.8. The van der Waals surface area contributed by atoms with Crippen molar-refractivity contribution >= 4 is 17.5 Å². The number of methoxy groups -OCH3 is 1. The molecular weight excluding hydrogens is 670 g/mol. The average Bonchev–Trinajstić information content (AvgIpc) is 3.52. The first-order chi connectivity index (χ1) is 25.2. The number of aliphatic hydroxyl groups excluding tert-OH is 2. The lowest BCUT2D eigenvalue weighted by atomic mass is 9.45. The predicted molar refractivity (Wildman–Crippen MR) is 205 cm³/mol. The number of carbonyl (C=O) groups excluding carboxylic acids is 2. The van der Waals surface area contributed by atoms with E-state index in [1.54, 1.807) is 37.2 Å². The zero-order valence-corrected chi connectivity index (χ0v) is 32.5. The van der Waals surface area contributed by atoms with E-state index < -0.39 is 24.2 Å². The maximum Gasteiger partial charge on any atom is 0.253 e. The zero-order chi connectivity index (χ0) is 38.2. The van der Waals surface area contributed by atoms with Gasteiger partial charge in [-0.3, -0.25) is 19.4 Å². The second-order valence-corrected chi connectivity index (χ2v) is 16.2. The lowest BCUT2D eigenvalue weighted by Gasteiger charge is -2.62. The third-order valence-corrected chi connectivity index (χ3v) is 12.5. The first-order valence-electron chi connectivity index (χ1n) is 18.9. The van der Waals surface area contributed by atoms with Gasteiger partial charge in [0.25, 0.3) is 5.91 Å². The number of ether oxygens (including phenoxy) is 1. The number of hydrogen-bond donors (Lipinski definition) is 3. The Labute approximate surface area is 314 Å². The van der Waals surface area contributed by atoms with Gasteiger partial charge < -0.3 is 30.1 Å². The molecule has 3 aromatic rings. The molecule has 1 saturated heterocycles. The summed E-state index contributed by atoms with van der Waals surface area (Å²) in [6, 6.07) is 16.6. The third kappa shape index (κ3) is 7.67. The Morgan fingerprint density at radius 3 is 2.51 bits per heavy atom. The molecule has 0 spiro atoms. The molecule has 2 heterocycles. The number of hydrogen-bond acceptors (Lipinski definition) is 9. The van der Waals surface area contributed by atoms with E-state index in [2.05, 4.69) is 31.1 Å². The fourth-order valence-electron chi connectivity index (χ4n) is 9.13. The number of pyridine rings is 1. The highest BCUT2D eigenvalue weighted by molar-refractivity contribution is 5.97. The summed E-state index contributed by atoms with van der Waals surface area (Å²) in [5.74, 6) is 1.10. The van der Waals surface area contributed by atoms with Crippen molar-refractivity contribution in [2.75, 3.05) is 46.3 Å². The summed E-state index contributed by atoms with van der Waals surface area (Å²) in [7, 11) is 7.29. The van der Waals surface area contributed by atoms with Crippen LogP contribution in [0.5, 0.6) is 5.75 Å². The van der Waals surface area contributed by atoms with Crippen LogP contribution < -0.4 is 15.0 Å². The maximum absolute atomic E-state index is 14.2. The van der Waals surface area contributed by atoms with Crippen molar-refractivity contribution in [3.63, 3.8) is 0 Å². The Kier molecular flexibility index (Phi) is 11.5. The number of carbonyl (C=O) groups is 2. The molecule has 3 aliphatic carbocycles. The molecule has 53 heavy (non-hydrogen) atoms. The lowest BCUT2D eigenvalue weighted by Crippen LogP contribution is -2.62. The molecule has 2 bridgehead atoms. The summed E-state index contributed by atoms with van der Waals surface area (Å²) in [5, 5.41) is 26.2. The fraction of sp³-hybridized carbons (Fsp3) is 0.548. The molecule has 2 aromatic carbocycles. The first kappa shape index (κ1) is 38.7. The number of benzene rings is 2. The van der Waals surface area contributed by atoms with E-state index in [-0.39, 0.29) is 36.4 Å². The Hall–Kier alpha value is -4.03. The van der Waals surface area contributed by atoms with Crippen LogP contribution in [-0.2, 0) is 22.6 Å². The van der Waals surface area contributed by atoms with Crippen molar-refractivity contribution in [2.24, 2.45) is 29.1 Å². The van der Waals surface area contributed by atoms with Crippen LogP contribution in [-0.4, -0.2) is 103 Å². The van der Waals surface area contributed by atoms with Gasteiger partial charge in [0.1, 0.15) is 17.9 Å². The summed E-state index contributed by atoms with van der Waals surface area (Å²) < 4.78 is 6.07. The van der Waals surface area contributed by atoms with Gasteiger partial charge in [-0.15, -0.1) is 0 Å². The zero-order valence-electron chi connectivity index (χ0n) is 32.5. The molecule has 0 unspecified atom stereocenters. The van der Waals surface area contributed by atoms with E-state index in [1.807, 2.05) is 73.6 Å². The van der Waals surface area contributed by atoms with Gasteiger partial charge in [-0.25, -0.2) is 0 Å². The van der Waals surface area contributed by atoms with Gasteiger partial charge in [-0.2, -0.15) is 5.06 Å². The fourth-order valence-corrected chi connectivity index (χ4v) is 9.13. The topological polar surface area (TPSA) is 128 Å². The highest BCUT2D eigenvalue weighted by atomic mass is 16.7. The van der Waals surface area contributed by atoms with Gasteiger partial charge in [-0.05, 0) is 78.8 Å². The molecule has 8 atom stereocenters. The number of likely N-dealkylation sites (N-methyl/N-ethyl adjacent to an activating group) is 1. The number of nitrogens with zero attached hydrogens (tertiary/aromatic N) is 4. The minimum atomic E-state index is -0.899. The number of hydroxylamine groups is 2. The Morgan fingerprint density at radius 2 is 1.89 bits per heavy atom. The molecule has 11 heteroatoms. The van der Waals surface area contributed by atoms with Crippen molar-refractivity contribution < 1.29 is 29.4 Å². The van der Waals surface area contributed by atoms with Gasteiger partial charge in [0.05, 0.1) is 26.4 Å². The largest absolute Gasteiger partial charge is 0.496 e. The number of aliphatic hydroxyl groups is 2. The number of aromatic nitrogens is 1. The Bertz CT molecular complexity index is 1770. The van der Waals surface area contributed by atoms with E-state index in [9.17, 15) is 19.8 Å². The molecule has 0 radical (unpaired) electrons. The van der Waals surface area contributed by atoms with Crippen LogP contribution in [0.4, 0.5) is 5.69 Å². The van der Waals surface area contributed by atoms with Crippen LogP contribution in [0.25, 0.3) is 11.1 Å². The number of anilines is 1. The van der Waals surface area contributed by atoms with E-state index in [1.165, 1.54) is 6.42 Å². The van der Waals surface area contributed by atoms with Gasteiger partial charge in [0, 0.05) is 80.3 Å². The van der Waals surface area contributed by atoms with E-state index in [0.717, 1.165) is 34.5 Å². The van der Waals surface area contributed by atoms with Gasteiger partial charge >= 0.3 is 0 Å². The summed E-state index contributed by atoms with van der Waals surface area (Å²) in [4.78, 5) is 42.4. The van der Waals surface area contributed by atoms with Crippen molar-refractivity contribution in [1.82, 2.24) is 20.3 Å². The van der Waals surface area contributed by atoms with Crippen LogP contribution in [0.1, 0.15) is 62.2 Å². The van der Waals surface area contributed by atoms with Crippen LogP contribution in [0.2, 0.25) is 0 Å². The normalized spacial score (nSPS) is 26.7. The summed E-state index contributed by atoms with van der Waals surface area (Å²) in [6.45, 7) is 8.90. The van der Waals surface area contributed by atoms with Crippen LogP contribution in [0.15, 0.2) is 60.8 Å². The van der Waals surface area contributed by atoms with E-state index in [4.69, 9.17) is 9.57 Å². The van der Waals surface area contributed by atoms with Gasteiger partial charge in [0.2, 0.25) is 5.91 Å². The molecular formula is C42H57N5O6. The molecule has 11 nitrogen and oxygen atoms in total. The molecule has 4 aliphatic rings. The molecule has 4 fully saturated rings. The number of amides is 2. The highest BCUT2D eigenvalue weighted by Gasteiger charge is 2.57. The molecule has 2 amide bonds. The van der Waals surface area contributed by atoms with Crippen molar-refractivity contribution in [3.8, 4) is 16.9 Å². The first-order valence-corrected chi connectivity index (χ1v) is 18.9. The van der Waals surface area contributed by atoms with Crippen LogP contribution >= 0.6 is 0 Å². The number of para-hydroxylation sites is 1. The smallest absolute Gasteiger partial charge is 0.253 e. The summed E-state index contributed by atoms with van der Waals surface area (Å²) >= 11 is 0. The summed E-state index contributed by atoms with van der Waals surface area (Å²) in [6.07, 6.45) is 2.88. The van der Waals surface area contributed by atoms with Crippen molar-refractivity contribution in [2.45, 2.75) is 77.8 Å². The van der Waals surface area contributed by atoms with E-state index in [0.29, 0.717) is 42.0 Å². The minimum absolute atomic E-state index is 0.0387. The number of nitrogens with one attached hydrogen (secondary N) is 1. The average molecular weight is 728 g/mol. The van der Waals surface area contributed by atoms with E-state index >= 15 is 0 Å². The quantitative estimate of drug-likeness (QED) is 0.228. The molecule has 286 valence electrons. The van der Waals surface area contributed by atoms with Crippen molar-refractivity contribution in [3.05, 3.63) is 77.6 Å². The third-order valence-electron chi connectivity index (χ3n) is 12.5. The SMILES string of the molecule is COc1c(CN2O[C@@H](CO)[C@H]([C@H](C)O)[C@H]2C(=O)N[C@H]2C[C@H]3C[C@@H]([C@@H]2C)C3(C)C)cccc1-c1cc(C(=O)N(C)CCc2ccccn2)cc(N(C)C)c1. The minimum Gasteiger partial charge on any atom is -0.496 e.